The topological polar surface area (TPSA) is 70.2 Å². The zero-order chi connectivity index (χ0) is 29.2. The fourth-order valence-electron chi connectivity index (χ4n) is 7.02. The molecule has 3 aromatic rings. The van der Waals surface area contributed by atoms with Gasteiger partial charge >= 0.3 is 18.1 Å². The van der Waals surface area contributed by atoms with Crippen molar-refractivity contribution in [3.8, 4) is 0 Å². The van der Waals surface area contributed by atoms with E-state index in [0.29, 0.717) is 36.4 Å². The van der Waals surface area contributed by atoms with Crippen molar-refractivity contribution in [1.82, 2.24) is 14.7 Å². The van der Waals surface area contributed by atoms with Crippen LogP contribution >= 0.6 is 0 Å². The number of halogens is 3. The van der Waals surface area contributed by atoms with Crippen molar-refractivity contribution in [2.75, 3.05) is 32.7 Å². The van der Waals surface area contributed by atoms with Crippen molar-refractivity contribution < 1.29 is 32.3 Å². The van der Waals surface area contributed by atoms with E-state index in [9.17, 15) is 27.6 Å². The number of amides is 2. The molecule has 0 aromatic heterocycles. The Morgan fingerprint density at radius 2 is 1.49 bits per heavy atom. The first-order valence-electron chi connectivity index (χ1n) is 14.0. The molecule has 3 heterocycles. The molecule has 2 amide bonds. The molecule has 6 rings (SSSR count). The average Bonchev–Trinajstić information content (AvgIpc) is 3.17. The Labute approximate surface area is 235 Å². The van der Waals surface area contributed by atoms with Gasteiger partial charge in [0.25, 0.3) is 5.91 Å². The van der Waals surface area contributed by atoms with Gasteiger partial charge in [-0.05, 0) is 54.3 Å². The predicted molar refractivity (Wildman–Crippen MR) is 147 cm³/mol. The molecule has 0 saturated carbocycles. The van der Waals surface area contributed by atoms with Gasteiger partial charge in [0.15, 0.2) is 5.54 Å². The maximum Gasteiger partial charge on any atom is 0.471 e. The van der Waals surface area contributed by atoms with Crippen LogP contribution in [0.1, 0.15) is 43.5 Å². The number of esters is 1. The second kappa shape index (κ2) is 9.72. The SMILES string of the molecule is CC1(C)CC2(CN(C3CCN(C(=O)c4c5ccccc5cc5ccccc45)CC3)CCN2C(=O)C(F)(F)F)C(=O)O1. The van der Waals surface area contributed by atoms with Crippen LogP contribution in [0.2, 0.25) is 0 Å². The summed E-state index contributed by atoms with van der Waals surface area (Å²) < 4.78 is 46.0. The minimum absolute atomic E-state index is 0.0113. The number of nitrogens with zero attached hydrogens (tertiary/aromatic N) is 3. The van der Waals surface area contributed by atoms with Gasteiger partial charge in [0.05, 0.1) is 5.56 Å². The highest BCUT2D eigenvalue weighted by molar-refractivity contribution is 6.18. The van der Waals surface area contributed by atoms with Crippen molar-refractivity contribution in [2.24, 2.45) is 0 Å². The Kier molecular flexibility index (Phi) is 6.52. The highest BCUT2D eigenvalue weighted by atomic mass is 19.4. The molecular formula is C31H32F3N3O4. The number of hydrogen-bond donors (Lipinski definition) is 0. The zero-order valence-corrected chi connectivity index (χ0v) is 23.0. The molecule has 7 nitrogen and oxygen atoms in total. The molecule has 0 aliphatic carbocycles. The summed E-state index contributed by atoms with van der Waals surface area (Å²) in [5.41, 5.74) is -2.00. The van der Waals surface area contributed by atoms with Crippen LogP contribution in [0, 0.1) is 0 Å². The van der Waals surface area contributed by atoms with E-state index in [1.807, 2.05) is 58.3 Å². The molecule has 0 radical (unpaired) electrons. The van der Waals surface area contributed by atoms with Gasteiger partial charge in [0.1, 0.15) is 5.60 Å². The number of fused-ring (bicyclic) bond motifs is 2. The van der Waals surface area contributed by atoms with Gasteiger partial charge < -0.3 is 14.5 Å². The molecule has 3 aromatic carbocycles. The largest absolute Gasteiger partial charge is 0.471 e. The molecule has 3 aliphatic rings. The van der Waals surface area contributed by atoms with Gasteiger partial charge in [-0.15, -0.1) is 0 Å². The van der Waals surface area contributed by atoms with Crippen molar-refractivity contribution in [2.45, 2.75) is 56.5 Å². The Hall–Kier alpha value is -3.66. The van der Waals surface area contributed by atoms with Crippen LogP contribution in [0.25, 0.3) is 21.5 Å². The first-order chi connectivity index (χ1) is 19.4. The second-order valence-electron chi connectivity index (χ2n) is 12.0. The van der Waals surface area contributed by atoms with Crippen LogP contribution in [0.5, 0.6) is 0 Å². The second-order valence-corrected chi connectivity index (χ2v) is 12.0. The van der Waals surface area contributed by atoms with Crippen LogP contribution in [0.3, 0.4) is 0 Å². The Bertz CT molecular complexity index is 1490. The number of hydrogen-bond acceptors (Lipinski definition) is 5. The number of cyclic esters (lactones) is 1. The predicted octanol–water partition coefficient (Wildman–Crippen LogP) is 4.77. The fraction of sp³-hybridized carbons (Fsp3) is 0.452. The molecule has 216 valence electrons. The van der Waals surface area contributed by atoms with Crippen LogP contribution in [0.15, 0.2) is 54.6 Å². The monoisotopic (exact) mass is 567 g/mol. The summed E-state index contributed by atoms with van der Waals surface area (Å²) in [6, 6.07) is 17.7. The van der Waals surface area contributed by atoms with Crippen LogP contribution in [-0.2, 0) is 14.3 Å². The molecule has 3 fully saturated rings. The number of ether oxygens (including phenoxy) is 1. The van der Waals surface area contributed by atoms with Gasteiger partial charge in [-0.2, -0.15) is 13.2 Å². The first kappa shape index (κ1) is 27.5. The number of piperazine rings is 1. The highest BCUT2D eigenvalue weighted by Gasteiger charge is 2.63. The van der Waals surface area contributed by atoms with Gasteiger partial charge in [-0.3, -0.25) is 14.5 Å². The Morgan fingerprint density at radius 3 is 2.02 bits per heavy atom. The summed E-state index contributed by atoms with van der Waals surface area (Å²) in [5.74, 6) is -2.84. The third-order valence-electron chi connectivity index (χ3n) is 8.80. The molecule has 1 spiro atoms. The lowest BCUT2D eigenvalue weighted by Gasteiger charge is -2.50. The summed E-state index contributed by atoms with van der Waals surface area (Å²) in [6.07, 6.45) is -3.88. The minimum atomic E-state index is -5.08. The molecule has 0 N–H and O–H groups in total. The van der Waals surface area contributed by atoms with E-state index in [1.165, 1.54) is 0 Å². The number of alkyl halides is 3. The minimum Gasteiger partial charge on any atom is -0.458 e. The van der Waals surface area contributed by atoms with Crippen LogP contribution < -0.4 is 0 Å². The summed E-state index contributed by atoms with van der Waals surface area (Å²) in [7, 11) is 0. The van der Waals surface area contributed by atoms with Gasteiger partial charge in [0, 0.05) is 45.2 Å². The zero-order valence-electron chi connectivity index (χ0n) is 23.0. The number of piperidine rings is 1. The summed E-state index contributed by atoms with van der Waals surface area (Å²) in [5, 5.41) is 3.78. The lowest BCUT2D eigenvalue weighted by atomic mass is 9.84. The smallest absolute Gasteiger partial charge is 0.458 e. The van der Waals surface area contributed by atoms with Crippen LogP contribution in [-0.4, -0.2) is 88.6 Å². The lowest BCUT2D eigenvalue weighted by molar-refractivity contribution is -0.198. The van der Waals surface area contributed by atoms with E-state index in [4.69, 9.17) is 4.74 Å². The van der Waals surface area contributed by atoms with E-state index < -0.39 is 29.2 Å². The van der Waals surface area contributed by atoms with E-state index >= 15 is 0 Å². The molecule has 1 atom stereocenters. The summed E-state index contributed by atoms with van der Waals surface area (Å²) in [4.78, 5) is 44.0. The lowest BCUT2D eigenvalue weighted by Crippen LogP contribution is -2.69. The number of carbonyl (C=O) groups excluding carboxylic acids is 3. The fourth-order valence-corrected chi connectivity index (χ4v) is 7.02. The number of likely N-dealkylation sites (tertiary alicyclic amines) is 1. The third-order valence-corrected chi connectivity index (χ3v) is 8.80. The van der Waals surface area contributed by atoms with Gasteiger partial charge in [-0.1, -0.05) is 48.5 Å². The number of carbonyl (C=O) groups is 3. The number of benzene rings is 3. The molecule has 3 saturated heterocycles. The van der Waals surface area contributed by atoms with Crippen LogP contribution in [0.4, 0.5) is 13.2 Å². The van der Waals surface area contributed by atoms with Crippen molar-refractivity contribution in [3.63, 3.8) is 0 Å². The molecule has 10 heteroatoms. The van der Waals surface area contributed by atoms with Crippen molar-refractivity contribution >= 4 is 39.3 Å². The van der Waals surface area contributed by atoms with E-state index in [2.05, 4.69) is 6.07 Å². The number of rotatable bonds is 2. The molecule has 0 bridgehead atoms. The van der Waals surface area contributed by atoms with E-state index in [1.54, 1.807) is 13.8 Å². The standard InChI is InChI=1S/C31H32F3N3O4/c1-29(2)18-30(28(40)41-29)19-36(15-16-37(30)27(39)31(32,33)34)22-11-13-35(14-12-22)26(38)25-23-9-5-3-7-20(23)17-21-8-4-6-10-24(21)25/h3-10,17,22H,11-16,18-19H2,1-2H3. The summed E-state index contributed by atoms with van der Waals surface area (Å²) >= 11 is 0. The quantitative estimate of drug-likeness (QED) is 0.330. The van der Waals surface area contributed by atoms with Crippen molar-refractivity contribution in [3.05, 3.63) is 60.2 Å². The van der Waals surface area contributed by atoms with Gasteiger partial charge in [-0.25, -0.2) is 4.79 Å². The Morgan fingerprint density at radius 1 is 0.902 bits per heavy atom. The first-order valence-corrected chi connectivity index (χ1v) is 14.0. The van der Waals surface area contributed by atoms with E-state index in [-0.39, 0.29) is 38.0 Å². The molecular weight excluding hydrogens is 535 g/mol. The summed E-state index contributed by atoms with van der Waals surface area (Å²) in [6.45, 7) is 4.22. The third kappa shape index (κ3) is 4.71. The molecule has 3 aliphatic heterocycles. The van der Waals surface area contributed by atoms with E-state index in [0.717, 1.165) is 21.5 Å². The normalized spacial score (nSPS) is 23.9. The molecule has 1 unspecified atom stereocenters. The Balaban J connectivity index is 1.22. The molecule has 41 heavy (non-hydrogen) atoms. The maximum absolute atomic E-state index is 13.9. The average molecular weight is 568 g/mol. The van der Waals surface area contributed by atoms with Gasteiger partial charge in [0.2, 0.25) is 0 Å². The maximum atomic E-state index is 13.9. The van der Waals surface area contributed by atoms with Crippen molar-refractivity contribution in [1.29, 1.82) is 0 Å². The highest BCUT2D eigenvalue weighted by Crippen LogP contribution is 2.43.